The SMILES string of the molecule is NOOSc1ccc(-c2ccc(=O)n(-c3ccc(OC(F)(F)F)cc3)c2)cc1. The molecule has 146 valence electrons. The van der Waals surface area contributed by atoms with Gasteiger partial charge >= 0.3 is 6.36 Å². The molecule has 0 bridgehead atoms. The molecule has 0 aliphatic heterocycles. The molecule has 1 heterocycles. The van der Waals surface area contributed by atoms with E-state index in [1.165, 1.54) is 22.8 Å². The van der Waals surface area contributed by atoms with Crippen LogP contribution in [-0.2, 0) is 9.32 Å². The number of nitrogens with zero attached hydrogens (tertiary/aromatic N) is 1. The summed E-state index contributed by atoms with van der Waals surface area (Å²) < 4.78 is 46.5. The first kappa shape index (κ1) is 20.0. The lowest BCUT2D eigenvalue weighted by Gasteiger charge is -2.11. The van der Waals surface area contributed by atoms with E-state index in [2.05, 4.69) is 14.1 Å². The molecule has 1 aromatic heterocycles. The van der Waals surface area contributed by atoms with Crippen molar-refractivity contribution in [1.82, 2.24) is 4.57 Å². The molecular weight excluding hydrogens is 397 g/mol. The Hall–Kier alpha value is -2.79. The standard InChI is InChI=1S/C18H13F3N2O4S/c19-18(20,21)25-15-6-4-14(5-7-15)23-11-13(3-10-17(23)24)12-1-8-16(9-2-12)28-27-26-22/h1-11H,22H2. The molecule has 0 atom stereocenters. The first-order valence-electron chi connectivity index (χ1n) is 7.75. The van der Waals surface area contributed by atoms with Crippen molar-refractivity contribution in [2.45, 2.75) is 11.3 Å². The van der Waals surface area contributed by atoms with Crippen LogP contribution >= 0.6 is 12.0 Å². The van der Waals surface area contributed by atoms with E-state index in [-0.39, 0.29) is 11.3 Å². The molecule has 0 radical (unpaired) electrons. The molecule has 10 heteroatoms. The van der Waals surface area contributed by atoms with Crippen LogP contribution in [0.3, 0.4) is 0 Å². The maximum atomic E-state index is 12.3. The van der Waals surface area contributed by atoms with E-state index in [0.29, 0.717) is 5.69 Å². The Morgan fingerprint density at radius 3 is 2.14 bits per heavy atom. The molecule has 28 heavy (non-hydrogen) atoms. The number of ether oxygens (including phenoxy) is 1. The van der Waals surface area contributed by atoms with E-state index >= 15 is 0 Å². The Bertz CT molecular complexity index is 989. The Labute approximate surface area is 161 Å². The van der Waals surface area contributed by atoms with Crippen LogP contribution in [0.15, 0.2) is 76.6 Å². The third-order valence-electron chi connectivity index (χ3n) is 3.62. The first-order valence-corrected chi connectivity index (χ1v) is 8.49. The molecule has 0 aliphatic rings. The zero-order chi connectivity index (χ0) is 20.1. The van der Waals surface area contributed by atoms with E-state index in [0.717, 1.165) is 40.2 Å². The lowest BCUT2D eigenvalue weighted by atomic mass is 10.1. The van der Waals surface area contributed by atoms with Crippen LogP contribution in [-0.4, -0.2) is 10.9 Å². The van der Waals surface area contributed by atoms with Crippen molar-refractivity contribution in [3.8, 4) is 22.6 Å². The Kier molecular flexibility index (Phi) is 6.05. The van der Waals surface area contributed by atoms with Gasteiger partial charge in [-0.1, -0.05) is 12.1 Å². The number of alkyl halides is 3. The van der Waals surface area contributed by atoms with Gasteiger partial charge in [-0.15, -0.1) is 22.5 Å². The fraction of sp³-hybridized carbons (Fsp3) is 0.0556. The fourth-order valence-corrected chi connectivity index (χ4v) is 2.79. The van der Waals surface area contributed by atoms with Gasteiger partial charge in [-0.3, -0.25) is 9.36 Å². The smallest absolute Gasteiger partial charge is 0.406 e. The molecule has 0 fully saturated rings. The fourth-order valence-electron chi connectivity index (χ4n) is 2.43. The largest absolute Gasteiger partial charge is 0.573 e. The second kappa shape index (κ2) is 8.48. The topological polar surface area (TPSA) is 75.7 Å². The molecule has 0 saturated carbocycles. The predicted octanol–water partition coefficient (Wildman–Crippen LogP) is 4.23. The summed E-state index contributed by atoms with van der Waals surface area (Å²) in [5.74, 6) is 4.42. The highest BCUT2D eigenvalue weighted by Crippen LogP contribution is 2.26. The molecule has 0 amide bonds. The summed E-state index contributed by atoms with van der Waals surface area (Å²) in [5, 5.41) is 0. The molecule has 6 nitrogen and oxygen atoms in total. The van der Waals surface area contributed by atoms with Crippen molar-refractivity contribution in [1.29, 1.82) is 0 Å². The van der Waals surface area contributed by atoms with Crippen molar-refractivity contribution in [2.24, 2.45) is 5.90 Å². The van der Waals surface area contributed by atoms with Crippen molar-refractivity contribution in [3.05, 3.63) is 77.2 Å². The van der Waals surface area contributed by atoms with Gasteiger partial charge in [0.15, 0.2) is 0 Å². The van der Waals surface area contributed by atoms with Gasteiger partial charge in [0.1, 0.15) is 5.75 Å². The quantitative estimate of drug-likeness (QED) is 0.372. The molecule has 0 unspecified atom stereocenters. The van der Waals surface area contributed by atoms with Gasteiger partial charge in [0.2, 0.25) is 0 Å². The highest BCUT2D eigenvalue weighted by Gasteiger charge is 2.30. The maximum absolute atomic E-state index is 12.3. The predicted molar refractivity (Wildman–Crippen MR) is 96.4 cm³/mol. The summed E-state index contributed by atoms with van der Waals surface area (Å²) in [7, 11) is 0. The van der Waals surface area contributed by atoms with Crippen LogP contribution in [0.2, 0.25) is 0 Å². The Balaban J connectivity index is 1.86. The molecular formula is C18H13F3N2O4S. The minimum Gasteiger partial charge on any atom is -0.406 e. The van der Waals surface area contributed by atoms with Crippen LogP contribution in [0.5, 0.6) is 5.75 Å². The zero-order valence-corrected chi connectivity index (χ0v) is 14.9. The Morgan fingerprint density at radius 1 is 0.893 bits per heavy atom. The lowest BCUT2D eigenvalue weighted by Crippen LogP contribution is -2.18. The Morgan fingerprint density at radius 2 is 1.54 bits per heavy atom. The molecule has 0 spiro atoms. The maximum Gasteiger partial charge on any atom is 0.573 e. The minimum absolute atomic E-state index is 0.325. The molecule has 0 aliphatic carbocycles. The van der Waals surface area contributed by atoms with Gasteiger partial charge in [0.25, 0.3) is 5.56 Å². The van der Waals surface area contributed by atoms with Gasteiger partial charge in [-0.05, 0) is 53.6 Å². The van der Waals surface area contributed by atoms with E-state index < -0.39 is 6.36 Å². The first-order chi connectivity index (χ1) is 13.4. The van der Waals surface area contributed by atoms with Crippen LogP contribution in [0, 0.1) is 0 Å². The summed E-state index contributed by atoms with van der Waals surface area (Å²) in [5.41, 5.74) is 1.64. The number of hydrogen-bond acceptors (Lipinski definition) is 6. The molecule has 2 N–H and O–H groups in total. The second-order valence-corrected chi connectivity index (χ2v) is 6.21. The lowest BCUT2D eigenvalue weighted by molar-refractivity contribution is -0.274. The molecule has 3 rings (SSSR count). The van der Waals surface area contributed by atoms with Crippen molar-refractivity contribution in [3.63, 3.8) is 0 Å². The highest BCUT2D eigenvalue weighted by atomic mass is 32.2. The summed E-state index contributed by atoms with van der Waals surface area (Å²) in [6.07, 6.45) is -3.17. The van der Waals surface area contributed by atoms with Gasteiger partial charge in [-0.2, -0.15) is 5.90 Å². The van der Waals surface area contributed by atoms with Crippen LogP contribution in [0.4, 0.5) is 13.2 Å². The van der Waals surface area contributed by atoms with E-state index in [1.54, 1.807) is 24.4 Å². The highest BCUT2D eigenvalue weighted by molar-refractivity contribution is 7.94. The number of rotatable bonds is 6. The van der Waals surface area contributed by atoms with Gasteiger partial charge in [0, 0.05) is 22.8 Å². The van der Waals surface area contributed by atoms with Gasteiger partial charge < -0.3 is 4.74 Å². The third-order valence-corrected chi connectivity index (χ3v) is 4.23. The van der Waals surface area contributed by atoms with Gasteiger partial charge in [0.05, 0.1) is 12.0 Å². The number of aromatic nitrogens is 1. The van der Waals surface area contributed by atoms with Gasteiger partial charge in [-0.25, -0.2) is 0 Å². The normalized spacial score (nSPS) is 11.4. The average Bonchev–Trinajstić information content (AvgIpc) is 2.67. The van der Waals surface area contributed by atoms with E-state index in [4.69, 9.17) is 5.90 Å². The van der Waals surface area contributed by atoms with Crippen molar-refractivity contribution >= 4 is 12.0 Å². The molecule has 0 saturated heterocycles. The molecule has 2 aromatic carbocycles. The van der Waals surface area contributed by atoms with Crippen LogP contribution < -0.4 is 16.2 Å². The minimum atomic E-state index is -4.77. The van der Waals surface area contributed by atoms with Crippen molar-refractivity contribution < 1.29 is 27.2 Å². The number of benzene rings is 2. The summed E-state index contributed by atoms with van der Waals surface area (Å²) in [6, 6.07) is 15.2. The summed E-state index contributed by atoms with van der Waals surface area (Å²) in [6.45, 7) is 0. The van der Waals surface area contributed by atoms with Crippen molar-refractivity contribution in [2.75, 3.05) is 0 Å². The van der Waals surface area contributed by atoms with Crippen LogP contribution in [0.25, 0.3) is 16.8 Å². The monoisotopic (exact) mass is 410 g/mol. The number of nitrogens with two attached hydrogens (primary N) is 1. The number of halogens is 3. The van der Waals surface area contributed by atoms with E-state index in [1.807, 2.05) is 12.1 Å². The van der Waals surface area contributed by atoms with Crippen LogP contribution in [0.1, 0.15) is 0 Å². The third kappa shape index (κ3) is 5.14. The van der Waals surface area contributed by atoms with E-state index in [9.17, 15) is 18.0 Å². The second-order valence-electron chi connectivity index (χ2n) is 5.44. The zero-order valence-electron chi connectivity index (χ0n) is 14.1. The summed E-state index contributed by atoms with van der Waals surface area (Å²) in [4.78, 5) is 17.0. The number of hydrogen-bond donors (Lipinski definition) is 1. The molecule has 3 aromatic rings. The summed E-state index contributed by atoms with van der Waals surface area (Å²) >= 11 is 0.938. The average molecular weight is 410 g/mol. The number of pyridine rings is 1.